The molecule has 0 unspecified atom stereocenters. The Morgan fingerprint density at radius 2 is 2.05 bits per heavy atom. The van der Waals surface area contributed by atoms with E-state index in [4.69, 9.17) is 9.15 Å². The predicted molar refractivity (Wildman–Crippen MR) is 71.5 cm³/mol. The number of nitrogens with zero attached hydrogens (tertiary/aromatic N) is 1. The average Bonchev–Trinajstić information content (AvgIpc) is 3.01. The number of para-hydroxylation sites is 1. The number of ether oxygens (including phenoxy) is 1. The SMILES string of the molecule is [c]1cc(COc2ccccc2)cc(-c2ncco2)c1. The van der Waals surface area contributed by atoms with E-state index >= 15 is 0 Å². The maximum atomic E-state index is 5.69. The van der Waals surface area contributed by atoms with Gasteiger partial charge in [-0.25, -0.2) is 4.98 Å². The van der Waals surface area contributed by atoms with Crippen LogP contribution in [0.3, 0.4) is 0 Å². The summed E-state index contributed by atoms with van der Waals surface area (Å²) in [6.07, 6.45) is 3.19. The van der Waals surface area contributed by atoms with Crippen LogP contribution in [-0.2, 0) is 6.61 Å². The van der Waals surface area contributed by atoms with E-state index < -0.39 is 0 Å². The van der Waals surface area contributed by atoms with E-state index in [-0.39, 0.29) is 0 Å². The fourth-order valence-electron chi connectivity index (χ4n) is 1.78. The molecule has 0 fully saturated rings. The molecule has 3 nitrogen and oxygen atoms in total. The van der Waals surface area contributed by atoms with Gasteiger partial charge >= 0.3 is 0 Å². The summed E-state index contributed by atoms with van der Waals surface area (Å²) in [5.74, 6) is 1.45. The van der Waals surface area contributed by atoms with E-state index in [1.54, 1.807) is 12.5 Å². The lowest BCUT2D eigenvalue weighted by Gasteiger charge is -2.06. The van der Waals surface area contributed by atoms with E-state index in [0.29, 0.717) is 12.5 Å². The minimum absolute atomic E-state index is 0.495. The third-order valence-electron chi connectivity index (χ3n) is 2.68. The molecule has 0 aliphatic rings. The van der Waals surface area contributed by atoms with Crippen molar-refractivity contribution in [1.82, 2.24) is 4.98 Å². The van der Waals surface area contributed by atoms with Crippen LogP contribution in [0.25, 0.3) is 11.5 Å². The van der Waals surface area contributed by atoms with E-state index in [1.807, 2.05) is 48.5 Å². The Morgan fingerprint density at radius 1 is 1.16 bits per heavy atom. The lowest BCUT2D eigenvalue weighted by molar-refractivity contribution is 0.306. The van der Waals surface area contributed by atoms with Crippen LogP contribution < -0.4 is 4.74 Å². The van der Waals surface area contributed by atoms with Gasteiger partial charge in [0.05, 0.1) is 6.20 Å². The Kier molecular flexibility index (Phi) is 3.28. The van der Waals surface area contributed by atoms with Crippen molar-refractivity contribution in [3.63, 3.8) is 0 Å². The summed E-state index contributed by atoms with van der Waals surface area (Å²) in [6.45, 7) is 0.495. The molecule has 3 heteroatoms. The smallest absolute Gasteiger partial charge is 0.225 e. The molecule has 0 saturated carbocycles. The fourth-order valence-corrected chi connectivity index (χ4v) is 1.78. The number of hydrogen-bond acceptors (Lipinski definition) is 3. The van der Waals surface area contributed by atoms with Crippen LogP contribution in [0.1, 0.15) is 5.56 Å². The van der Waals surface area contributed by atoms with Gasteiger partial charge in [-0.2, -0.15) is 0 Å². The zero-order valence-electron chi connectivity index (χ0n) is 10.2. The van der Waals surface area contributed by atoms with E-state index in [2.05, 4.69) is 11.1 Å². The second-order valence-corrected chi connectivity index (χ2v) is 4.07. The molecule has 19 heavy (non-hydrogen) atoms. The van der Waals surface area contributed by atoms with Crippen molar-refractivity contribution in [2.24, 2.45) is 0 Å². The monoisotopic (exact) mass is 250 g/mol. The van der Waals surface area contributed by atoms with E-state index in [9.17, 15) is 0 Å². The lowest BCUT2D eigenvalue weighted by Crippen LogP contribution is -1.95. The van der Waals surface area contributed by atoms with E-state index in [0.717, 1.165) is 16.9 Å². The van der Waals surface area contributed by atoms with Crippen molar-refractivity contribution < 1.29 is 9.15 Å². The largest absolute Gasteiger partial charge is 0.489 e. The molecule has 1 heterocycles. The molecule has 0 amide bonds. The zero-order valence-corrected chi connectivity index (χ0v) is 10.2. The molecule has 0 atom stereocenters. The van der Waals surface area contributed by atoms with E-state index in [1.165, 1.54) is 0 Å². The number of aromatic nitrogens is 1. The summed E-state index contributed by atoms with van der Waals surface area (Å²) >= 11 is 0. The highest BCUT2D eigenvalue weighted by molar-refractivity contribution is 5.53. The number of rotatable bonds is 4. The second kappa shape index (κ2) is 5.40. The Balaban J connectivity index is 1.74. The first kappa shape index (κ1) is 11.5. The molecular formula is C16H12NO2. The standard InChI is InChI=1S/C16H12NO2/c1-2-7-15(8-3-1)19-12-13-5-4-6-14(11-13)16-17-9-10-18-16/h1-3,5-11H,12H2. The molecule has 0 aliphatic heterocycles. The summed E-state index contributed by atoms with van der Waals surface area (Å²) in [5, 5.41) is 0. The van der Waals surface area contributed by atoms with Crippen LogP contribution in [0.5, 0.6) is 5.75 Å². The van der Waals surface area contributed by atoms with Crippen molar-refractivity contribution in [2.45, 2.75) is 6.61 Å². The second-order valence-electron chi connectivity index (χ2n) is 4.07. The van der Waals surface area contributed by atoms with Gasteiger partial charge < -0.3 is 9.15 Å². The Hall–Kier alpha value is -2.55. The summed E-state index contributed by atoms with van der Waals surface area (Å²) < 4.78 is 11.0. The van der Waals surface area contributed by atoms with Crippen molar-refractivity contribution in [3.8, 4) is 17.2 Å². The maximum absolute atomic E-state index is 5.69. The van der Waals surface area contributed by atoms with Gasteiger partial charge in [-0.15, -0.1) is 0 Å². The Morgan fingerprint density at radius 3 is 2.84 bits per heavy atom. The highest BCUT2D eigenvalue weighted by atomic mass is 16.5. The summed E-state index contributed by atoms with van der Waals surface area (Å²) in [4.78, 5) is 4.12. The molecule has 93 valence electrons. The molecular weight excluding hydrogens is 238 g/mol. The topological polar surface area (TPSA) is 35.3 Å². The summed E-state index contributed by atoms with van der Waals surface area (Å²) in [6, 6.07) is 18.5. The highest BCUT2D eigenvalue weighted by Crippen LogP contribution is 2.19. The van der Waals surface area contributed by atoms with Crippen molar-refractivity contribution >= 4 is 0 Å². The third kappa shape index (κ3) is 2.83. The first-order chi connectivity index (χ1) is 9.42. The fraction of sp³-hybridized carbons (Fsp3) is 0.0625. The third-order valence-corrected chi connectivity index (χ3v) is 2.68. The van der Waals surface area contributed by atoms with Gasteiger partial charge in [0.2, 0.25) is 5.89 Å². The van der Waals surface area contributed by atoms with Crippen LogP contribution in [0, 0.1) is 6.07 Å². The van der Waals surface area contributed by atoms with Crippen molar-refractivity contribution in [2.75, 3.05) is 0 Å². The number of benzene rings is 2. The van der Waals surface area contributed by atoms with Gasteiger partial charge in [0.15, 0.2) is 0 Å². The van der Waals surface area contributed by atoms with Crippen LogP contribution in [0.2, 0.25) is 0 Å². The van der Waals surface area contributed by atoms with Crippen molar-refractivity contribution in [1.29, 1.82) is 0 Å². The minimum atomic E-state index is 0.495. The van der Waals surface area contributed by atoms with Gasteiger partial charge in [0, 0.05) is 5.56 Å². The predicted octanol–water partition coefficient (Wildman–Crippen LogP) is 3.72. The maximum Gasteiger partial charge on any atom is 0.225 e. The highest BCUT2D eigenvalue weighted by Gasteiger charge is 2.03. The quantitative estimate of drug-likeness (QED) is 0.707. The van der Waals surface area contributed by atoms with Crippen LogP contribution in [-0.4, -0.2) is 4.98 Å². The first-order valence-electron chi connectivity index (χ1n) is 5.99. The molecule has 1 radical (unpaired) electrons. The van der Waals surface area contributed by atoms with Gasteiger partial charge in [-0.3, -0.25) is 0 Å². The molecule has 1 aromatic heterocycles. The van der Waals surface area contributed by atoms with Gasteiger partial charge in [-0.05, 0) is 42.0 Å². The zero-order chi connectivity index (χ0) is 12.9. The molecule has 0 aliphatic carbocycles. The van der Waals surface area contributed by atoms with Gasteiger partial charge in [0.25, 0.3) is 0 Å². The summed E-state index contributed by atoms with van der Waals surface area (Å²) in [7, 11) is 0. The van der Waals surface area contributed by atoms with Crippen LogP contribution in [0.15, 0.2) is 65.4 Å². The molecule has 0 N–H and O–H groups in total. The Labute approximate surface area is 111 Å². The lowest BCUT2D eigenvalue weighted by atomic mass is 10.1. The molecule has 0 spiro atoms. The molecule has 0 saturated heterocycles. The molecule has 3 aromatic rings. The minimum Gasteiger partial charge on any atom is -0.489 e. The summed E-state index contributed by atoms with van der Waals surface area (Å²) in [5.41, 5.74) is 1.93. The van der Waals surface area contributed by atoms with Crippen molar-refractivity contribution in [3.05, 3.63) is 72.6 Å². The molecule has 3 rings (SSSR count). The normalized spacial score (nSPS) is 10.3. The number of oxazole rings is 1. The Bertz CT molecular complexity index is 633. The van der Waals surface area contributed by atoms with Gasteiger partial charge in [0.1, 0.15) is 18.6 Å². The molecule has 0 bridgehead atoms. The average molecular weight is 250 g/mol. The first-order valence-corrected chi connectivity index (χ1v) is 5.99. The van der Waals surface area contributed by atoms with Gasteiger partial charge in [-0.1, -0.05) is 18.2 Å². The van der Waals surface area contributed by atoms with Crippen LogP contribution in [0.4, 0.5) is 0 Å². The van der Waals surface area contributed by atoms with Crippen LogP contribution >= 0.6 is 0 Å². The number of hydrogen-bond donors (Lipinski definition) is 0. The molecule has 2 aromatic carbocycles.